The van der Waals surface area contributed by atoms with Gasteiger partial charge in [-0.3, -0.25) is 9.59 Å². The van der Waals surface area contributed by atoms with Gasteiger partial charge in [-0.15, -0.1) is 0 Å². The van der Waals surface area contributed by atoms with Crippen LogP contribution in [0.5, 0.6) is 0 Å². The van der Waals surface area contributed by atoms with Gasteiger partial charge in [0.15, 0.2) is 0 Å². The molecule has 1 aliphatic carbocycles. The lowest BCUT2D eigenvalue weighted by Gasteiger charge is -2.35. The molecule has 3 N–H and O–H groups in total. The van der Waals surface area contributed by atoms with E-state index in [-0.39, 0.29) is 17.9 Å². The Labute approximate surface area is 219 Å². The molecule has 200 valence electrons. The van der Waals surface area contributed by atoms with E-state index < -0.39 is 36.3 Å². The zero-order chi connectivity index (χ0) is 27.3. The van der Waals surface area contributed by atoms with Crippen molar-refractivity contribution in [1.82, 2.24) is 15.5 Å². The van der Waals surface area contributed by atoms with Crippen molar-refractivity contribution in [2.24, 2.45) is 5.92 Å². The molecule has 8 heteroatoms. The van der Waals surface area contributed by atoms with Gasteiger partial charge in [-0.1, -0.05) is 61.0 Å². The molecule has 0 radical (unpaired) electrons. The number of alkyl carbamates (subject to hydrolysis) is 1. The van der Waals surface area contributed by atoms with Crippen molar-refractivity contribution < 1.29 is 24.2 Å². The molecular formula is C29H39N3O5. The van der Waals surface area contributed by atoms with Gasteiger partial charge in [0.25, 0.3) is 0 Å². The molecule has 0 aliphatic heterocycles. The molecule has 0 saturated heterocycles. The first-order chi connectivity index (χ1) is 17.4. The molecule has 4 unspecified atom stereocenters. The van der Waals surface area contributed by atoms with Crippen LogP contribution in [0.2, 0.25) is 0 Å². The third-order valence-corrected chi connectivity index (χ3v) is 6.42. The Hall–Kier alpha value is -3.39. The normalized spacial score (nSPS) is 18.4. The summed E-state index contributed by atoms with van der Waals surface area (Å²) in [6.45, 7) is 10.7. The summed E-state index contributed by atoms with van der Waals surface area (Å²) in [5.74, 6) is -0.665. The van der Waals surface area contributed by atoms with Crippen LogP contribution in [0.15, 0.2) is 48.5 Å². The van der Waals surface area contributed by atoms with Gasteiger partial charge in [0.2, 0.25) is 11.8 Å². The Balaban J connectivity index is 1.97. The minimum Gasteiger partial charge on any atom is -0.444 e. The second-order valence-corrected chi connectivity index (χ2v) is 10.9. The second-order valence-electron chi connectivity index (χ2n) is 10.9. The Morgan fingerprint density at radius 2 is 1.76 bits per heavy atom. The van der Waals surface area contributed by atoms with Crippen molar-refractivity contribution in [1.29, 1.82) is 0 Å². The van der Waals surface area contributed by atoms with Crippen LogP contribution < -0.4 is 10.6 Å². The number of carbonyl (C=O) groups excluding carboxylic acids is 3. The largest absolute Gasteiger partial charge is 0.444 e. The lowest BCUT2D eigenvalue weighted by Crippen LogP contribution is -2.55. The fourth-order valence-corrected chi connectivity index (χ4v) is 4.34. The summed E-state index contributed by atoms with van der Waals surface area (Å²) in [5, 5.41) is 15.6. The van der Waals surface area contributed by atoms with Gasteiger partial charge in [0.05, 0.1) is 6.61 Å². The van der Waals surface area contributed by atoms with E-state index in [1.807, 2.05) is 69.3 Å². The Kier molecular flexibility index (Phi) is 8.97. The minimum absolute atomic E-state index is 0.180. The van der Waals surface area contributed by atoms with E-state index in [4.69, 9.17) is 4.74 Å². The molecule has 3 rings (SSSR count). The van der Waals surface area contributed by atoms with E-state index in [0.717, 1.165) is 23.1 Å². The van der Waals surface area contributed by atoms with Crippen LogP contribution in [0.3, 0.4) is 0 Å². The van der Waals surface area contributed by atoms with Crippen LogP contribution in [-0.2, 0) is 20.9 Å². The predicted molar refractivity (Wildman–Crippen MR) is 142 cm³/mol. The van der Waals surface area contributed by atoms with E-state index in [0.29, 0.717) is 12.1 Å². The molecule has 2 aromatic carbocycles. The van der Waals surface area contributed by atoms with Gasteiger partial charge >= 0.3 is 6.09 Å². The summed E-state index contributed by atoms with van der Waals surface area (Å²) in [6, 6.07) is 13.0. The third-order valence-electron chi connectivity index (χ3n) is 6.42. The van der Waals surface area contributed by atoms with Gasteiger partial charge in [-0.25, -0.2) is 4.79 Å². The van der Waals surface area contributed by atoms with Crippen LogP contribution in [0.25, 0.3) is 0 Å². The van der Waals surface area contributed by atoms with Gasteiger partial charge in [-0.2, -0.15) is 0 Å². The van der Waals surface area contributed by atoms with E-state index in [9.17, 15) is 19.5 Å². The molecule has 1 aliphatic rings. The first-order valence-corrected chi connectivity index (χ1v) is 12.7. The topological polar surface area (TPSA) is 108 Å². The highest BCUT2D eigenvalue weighted by Crippen LogP contribution is 2.41. The maximum absolute atomic E-state index is 13.9. The number of nitrogens with one attached hydrogen (secondary N) is 2. The Bertz CT molecular complexity index is 1110. The second kappa shape index (κ2) is 11.8. The maximum atomic E-state index is 13.9. The molecule has 0 spiro atoms. The number of hydrogen-bond donors (Lipinski definition) is 3. The first kappa shape index (κ1) is 28.2. The highest BCUT2D eigenvalue weighted by Gasteiger charge is 2.48. The van der Waals surface area contributed by atoms with Crippen LogP contribution >= 0.6 is 0 Å². The molecule has 0 aromatic heterocycles. The van der Waals surface area contributed by atoms with E-state index >= 15 is 0 Å². The molecule has 1 saturated carbocycles. The summed E-state index contributed by atoms with van der Waals surface area (Å²) in [4.78, 5) is 41.7. The summed E-state index contributed by atoms with van der Waals surface area (Å²) >= 11 is 0. The van der Waals surface area contributed by atoms with Crippen molar-refractivity contribution in [3.63, 3.8) is 0 Å². The highest BCUT2D eigenvalue weighted by atomic mass is 16.6. The van der Waals surface area contributed by atoms with Crippen LogP contribution in [0.4, 0.5) is 4.79 Å². The zero-order valence-electron chi connectivity index (χ0n) is 22.6. The highest BCUT2D eigenvalue weighted by molar-refractivity contribution is 5.93. The lowest BCUT2D eigenvalue weighted by molar-refractivity contribution is -0.144. The number of nitrogens with zero attached hydrogens (tertiary/aromatic N) is 1. The average Bonchev–Trinajstić information content (AvgIpc) is 3.55. The minimum atomic E-state index is -1.25. The molecule has 2 aromatic rings. The van der Waals surface area contributed by atoms with Crippen LogP contribution in [0.1, 0.15) is 62.4 Å². The summed E-state index contributed by atoms with van der Waals surface area (Å²) in [6.07, 6.45) is -0.0792. The lowest BCUT2D eigenvalue weighted by atomic mass is 9.95. The molecule has 1 fully saturated rings. The number of ether oxygens (including phenoxy) is 1. The number of aliphatic hydroxyl groups excluding tert-OH is 1. The standard InChI is InChI=1S/C29H39N3O5/c1-18-12-13-19(2)22(14-18)25(26(34)30-16-21-10-8-7-9-11-21)32(24-15-20(24)3)27(35)23(17-33)31-28(36)37-29(4,5)6/h7-14,20,23-25,33H,15-17H2,1-6H3,(H,30,34)(H,31,36). The molecule has 3 amide bonds. The van der Waals surface area contributed by atoms with Crippen molar-refractivity contribution in [3.05, 3.63) is 70.8 Å². The summed E-state index contributed by atoms with van der Waals surface area (Å²) in [7, 11) is 0. The third kappa shape index (κ3) is 7.55. The number of aryl methyl sites for hydroxylation is 2. The Morgan fingerprint density at radius 3 is 2.32 bits per heavy atom. The molecule has 37 heavy (non-hydrogen) atoms. The number of rotatable bonds is 9. The van der Waals surface area contributed by atoms with Gasteiger partial charge in [0.1, 0.15) is 17.7 Å². The smallest absolute Gasteiger partial charge is 0.408 e. The molecule has 8 nitrogen and oxygen atoms in total. The van der Waals surface area contributed by atoms with Crippen LogP contribution in [-0.4, -0.2) is 52.2 Å². The monoisotopic (exact) mass is 509 g/mol. The van der Waals surface area contributed by atoms with E-state index in [1.165, 1.54) is 0 Å². The zero-order valence-corrected chi connectivity index (χ0v) is 22.6. The fourth-order valence-electron chi connectivity index (χ4n) is 4.34. The van der Waals surface area contributed by atoms with Gasteiger partial charge in [0, 0.05) is 12.6 Å². The fraction of sp³-hybridized carbons (Fsp3) is 0.483. The van der Waals surface area contributed by atoms with Crippen LogP contribution in [0, 0.1) is 19.8 Å². The van der Waals surface area contributed by atoms with E-state index in [1.54, 1.807) is 25.7 Å². The number of benzene rings is 2. The predicted octanol–water partition coefficient (Wildman–Crippen LogP) is 3.78. The van der Waals surface area contributed by atoms with Gasteiger partial charge in [-0.05, 0) is 63.6 Å². The van der Waals surface area contributed by atoms with Crippen molar-refractivity contribution in [2.45, 2.75) is 78.2 Å². The number of aliphatic hydroxyl groups is 1. The summed E-state index contributed by atoms with van der Waals surface area (Å²) < 4.78 is 5.30. The van der Waals surface area contributed by atoms with Crippen molar-refractivity contribution >= 4 is 17.9 Å². The number of hydrogen-bond acceptors (Lipinski definition) is 5. The molecule has 4 atom stereocenters. The molecular weight excluding hydrogens is 470 g/mol. The van der Waals surface area contributed by atoms with Crippen molar-refractivity contribution in [3.8, 4) is 0 Å². The quantitative estimate of drug-likeness (QED) is 0.477. The van der Waals surface area contributed by atoms with E-state index in [2.05, 4.69) is 10.6 Å². The number of amides is 3. The molecule has 0 bridgehead atoms. The first-order valence-electron chi connectivity index (χ1n) is 12.7. The maximum Gasteiger partial charge on any atom is 0.408 e. The van der Waals surface area contributed by atoms with Crippen molar-refractivity contribution in [2.75, 3.05) is 6.61 Å². The number of carbonyl (C=O) groups is 3. The average molecular weight is 510 g/mol. The Morgan fingerprint density at radius 1 is 1.11 bits per heavy atom. The summed E-state index contributed by atoms with van der Waals surface area (Å²) in [5.41, 5.74) is 2.72. The molecule has 0 heterocycles. The SMILES string of the molecule is Cc1ccc(C)c(C(C(=O)NCc2ccccc2)N(C(=O)C(CO)NC(=O)OC(C)(C)C)C2CC2C)c1. The van der Waals surface area contributed by atoms with Gasteiger partial charge < -0.3 is 25.4 Å².